The molecular weight excluding hydrogens is 570 g/mol. The molecule has 0 unspecified atom stereocenters. The zero-order valence-corrected chi connectivity index (χ0v) is 25.5. The van der Waals surface area contributed by atoms with Crippen LogP contribution in [0.4, 0.5) is 0 Å². The summed E-state index contributed by atoms with van der Waals surface area (Å²) in [4.78, 5) is 34.8. The SMILES string of the molecule is CCN(CC)C(=O)C1=C(C)N=c2s/c(=C/c3ccc(OCc4ccccc4Cl)cc3)c(=O)n2[C@H]1c1ccccc1OC. The highest BCUT2D eigenvalue weighted by atomic mass is 35.5. The second-order valence-electron chi connectivity index (χ2n) is 9.75. The number of amides is 1. The summed E-state index contributed by atoms with van der Waals surface area (Å²) in [6, 6.07) is 21.9. The number of fused-ring (bicyclic) bond motifs is 1. The molecule has 0 aliphatic carbocycles. The second-order valence-corrected chi connectivity index (χ2v) is 11.2. The summed E-state index contributed by atoms with van der Waals surface area (Å²) >= 11 is 7.54. The summed E-state index contributed by atoms with van der Waals surface area (Å²) in [6.45, 7) is 7.17. The van der Waals surface area contributed by atoms with E-state index in [-0.39, 0.29) is 11.5 Å². The van der Waals surface area contributed by atoms with E-state index in [1.54, 1.807) is 16.6 Å². The minimum atomic E-state index is -0.673. The molecule has 1 aromatic heterocycles. The Morgan fingerprint density at radius 2 is 1.74 bits per heavy atom. The largest absolute Gasteiger partial charge is 0.496 e. The molecule has 0 saturated heterocycles. The first-order valence-electron chi connectivity index (χ1n) is 13.8. The predicted octanol–water partition coefficient (Wildman–Crippen LogP) is 5.34. The Balaban J connectivity index is 1.54. The van der Waals surface area contributed by atoms with Crippen LogP contribution in [0.1, 0.15) is 43.5 Å². The van der Waals surface area contributed by atoms with Gasteiger partial charge < -0.3 is 14.4 Å². The normalized spacial score (nSPS) is 14.8. The highest BCUT2D eigenvalue weighted by molar-refractivity contribution is 7.07. The maximum absolute atomic E-state index is 14.0. The molecule has 0 N–H and O–H groups in total. The van der Waals surface area contributed by atoms with Crippen molar-refractivity contribution in [1.82, 2.24) is 9.47 Å². The molecule has 0 bridgehead atoms. The first kappa shape index (κ1) is 29.4. The number of carbonyl (C=O) groups excluding carboxylic acids is 1. The Labute approximate surface area is 253 Å². The van der Waals surface area contributed by atoms with Gasteiger partial charge in [-0.2, -0.15) is 0 Å². The van der Waals surface area contributed by atoms with E-state index in [0.717, 1.165) is 16.7 Å². The Morgan fingerprint density at radius 3 is 2.43 bits per heavy atom. The standard InChI is InChI=1S/C33H32ClN3O4S/c1-5-36(6-2)32(39)29-21(3)35-33-37(30(29)25-12-8-10-14-27(25)40-4)31(38)28(42-33)19-22-15-17-24(18-16-22)41-20-23-11-7-9-13-26(23)34/h7-19,30H,5-6,20H2,1-4H3/b28-19+/t30-/m0/s1. The molecule has 1 amide bonds. The third-order valence-electron chi connectivity index (χ3n) is 7.27. The topological polar surface area (TPSA) is 73.1 Å². The number of carbonyl (C=O) groups is 1. The summed E-state index contributed by atoms with van der Waals surface area (Å²) in [5, 5.41) is 0.660. The van der Waals surface area contributed by atoms with Crippen LogP contribution in [0, 0.1) is 0 Å². The number of thiazole rings is 1. The van der Waals surface area contributed by atoms with Gasteiger partial charge >= 0.3 is 0 Å². The van der Waals surface area contributed by atoms with Crippen molar-refractivity contribution in [2.24, 2.45) is 4.99 Å². The number of nitrogens with zero attached hydrogens (tertiary/aromatic N) is 3. The lowest BCUT2D eigenvalue weighted by atomic mass is 9.94. The van der Waals surface area contributed by atoms with Crippen LogP contribution in [0.3, 0.4) is 0 Å². The number of aromatic nitrogens is 1. The summed E-state index contributed by atoms with van der Waals surface area (Å²) in [7, 11) is 1.59. The molecule has 1 aliphatic rings. The number of hydrogen-bond acceptors (Lipinski definition) is 6. The molecule has 1 atom stereocenters. The van der Waals surface area contributed by atoms with Crippen molar-refractivity contribution in [3.8, 4) is 11.5 Å². The fraction of sp³-hybridized carbons (Fsp3) is 0.242. The van der Waals surface area contributed by atoms with E-state index in [0.29, 0.717) is 56.8 Å². The van der Waals surface area contributed by atoms with Gasteiger partial charge in [0.2, 0.25) is 0 Å². The fourth-order valence-electron chi connectivity index (χ4n) is 5.05. The van der Waals surface area contributed by atoms with Gasteiger partial charge in [-0.3, -0.25) is 14.2 Å². The molecule has 0 saturated carbocycles. The summed E-state index contributed by atoms with van der Waals surface area (Å²) in [5.41, 5.74) is 3.33. The number of rotatable bonds is 9. The summed E-state index contributed by atoms with van der Waals surface area (Å²) in [5.74, 6) is 1.16. The molecule has 0 fully saturated rings. The van der Waals surface area contributed by atoms with E-state index in [9.17, 15) is 9.59 Å². The number of ether oxygens (including phenoxy) is 2. The van der Waals surface area contributed by atoms with E-state index >= 15 is 0 Å². The van der Waals surface area contributed by atoms with Crippen molar-refractivity contribution in [3.63, 3.8) is 0 Å². The van der Waals surface area contributed by atoms with E-state index in [2.05, 4.69) is 0 Å². The number of hydrogen-bond donors (Lipinski definition) is 0. The number of likely N-dealkylation sites (N-methyl/N-ethyl adjacent to an activating group) is 1. The molecule has 9 heteroatoms. The average molecular weight is 602 g/mol. The number of benzene rings is 3. The number of halogens is 1. The fourth-order valence-corrected chi connectivity index (χ4v) is 6.29. The maximum atomic E-state index is 14.0. The number of methoxy groups -OCH3 is 1. The van der Waals surface area contributed by atoms with Crippen LogP contribution in [0.2, 0.25) is 5.02 Å². The smallest absolute Gasteiger partial charge is 0.271 e. The Hall–Kier alpha value is -4.14. The second kappa shape index (κ2) is 12.8. The maximum Gasteiger partial charge on any atom is 0.271 e. The van der Waals surface area contributed by atoms with Crippen molar-refractivity contribution in [3.05, 3.63) is 125 Å². The quantitative estimate of drug-likeness (QED) is 0.259. The number of allylic oxidation sites excluding steroid dienone is 1. The van der Waals surface area contributed by atoms with Gasteiger partial charge in [0.05, 0.1) is 22.9 Å². The monoisotopic (exact) mass is 601 g/mol. The van der Waals surface area contributed by atoms with E-state index in [1.165, 1.54) is 11.3 Å². The minimum Gasteiger partial charge on any atom is -0.496 e. The molecular formula is C33H32ClN3O4S. The molecule has 0 radical (unpaired) electrons. The van der Waals surface area contributed by atoms with Crippen LogP contribution in [0.5, 0.6) is 11.5 Å². The van der Waals surface area contributed by atoms with E-state index < -0.39 is 6.04 Å². The molecule has 1 aliphatic heterocycles. The van der Waals surface area contributed by atoms with Crippen molar-refractivity contribution in [2.45, 2.75) is 33.4 Å². The van der Waals surface area contributed by atoms with Gasteiger partial charge in [0.1, 0.15) is 24.1 Å². The van der Waals surface area contributed by atoms with Crippen LogP contribution in [-0.2, 0) is 11.4 Å². The van der Waals surface area contributed by atoms with Gasteiger partial charge in [-0.05, 0) is 56.7 Å². The predicted molar refractivity (Wildman–Crippen MR) is 167 cm³/mol. The van der Waals surface area contributed by atoms with Crippen molar-refractivity contribution < 1.29 is 14.3 Å². The Bertz CT molecular complexity index is 1820. The van der Waals surface area contributed by atoms with E-state index in [1.807, 2.05) is 99.6 Å². The summed E-state index contributed by atoms with van der Waals surface area (Å²) in [6.07, 6.45) is 1.84. The molecule has 7 nitrogen and oxygen atoms in total. The average Bonchev–Trinajstić information content (AvgIpc) is 3.31. The lowest BCUT2D eigenvalue weighted by molar-refractivity contribution is -0.127. The van der Waals surface area contributed by atoms with Crippen LogP contribution < -0.4 is 24.4 Å². The van der Waals surface area contributed by atoms with Crippen LogP contribution in [-0.4, -0.2) is 35.6 Å². The Morgan fingerprint density at radius 1 is 1.05 bits per heavy atom. The third-order valence-corrected chi connectivity index (χ3v) is 8.62. The Kier molecular flexibility index (Phi) is 8.94. The van der Waals surface area contributed by atoms with Crippen molar-refractivity contribution in [2.75, 3.05) is 20.2 Å². The first-order chi connectivity index (χ1) is 20.4. The van der Waals surface area contributed by atoms with Crippen molar-refractivity contribution >= 4 is 34.9 Å². The summed E-state index contributed by atoms with van der Waals surface area (Å²) < 4.78 is 13.7. The van der Waals surface area contributed by atoms with Crippen molar-refractivity contribution in [1.29, 1.82) is 0 Å². The van der Waals surface area contributed by atoms with E-state index in [4.69, 9.17) is 26.1 Å². The molecule has 3 aromatic carbocycles. The van der Waals surface area contributed by atoms with Gasteiger partial charge in [0, 0.05) is 29.2 Å². The van der Waals surface area contributed by atoms with Gasteiger partial charge in [0.25, 0.3) is 11.5 Å². The zero-order valence-electron chi connectivity index (χ0n) is 24.0. The van der Waals surface area contributed by atoms with Crippen LogP contribution in [0.25, 0.3) is 6.08 Å². The van der Waals surface area contributed by atoms with Crippen LogP contribution in [0.15, 0.2) is 93.9 Å². The molecule has 42 heavy (non-hydrogen) atoms. The molecule has 216 valence electrons. The number of para-hydroxylation sites is 1. The minimum absolute atomic E-state index is 0.140. The zero-order chi connectivity index (χ0) is 29.8. The lowest BCUT2D eigenvalue weighted by Gasteiger charge is -2.29. The van der Waals surface area contributed by atoms with Gasteiger partial charge in [0.15, 0.2) is 4.80 Å². The molecule has 2 heterocycles. The van der Waals surface area contributed by atoms with Gasteiger partial charge in [-0.1, -0.05) is 71.5 Å². The van der Waals surface area contributed by atoms with Crippen LogP contribution >= 0.6 is 22.9 Å². The highest BCUT2D eigenvalue weighted by Crippen LogP contribution is 2.36. The first-order valence-corrected chi connectivity index (χ1v) is 15.0. The highest BCUT2D eigenvalue weighted by Gasteiger charge is 2.35. The molecule has 0 spiro atoms. The lowest BCUT2D eigenvalue weighted by Crippen LogP contribution is -2.43. The van der Waals surface area contributed by atoms with Gasteiger partial charge in [-0.15, -0.1) is 0 Å². The third kappa shape index (κ3) is 5.78. The molecule has 4 aromatic rings. The van der Waals surface area contributed by atoms with Gasteiger partial charge in [-0.25, -0.2) is 4.99 Å². The molecule has 5 rings (SSSR count).